The molecule has 1 aromatic carbocycles. The second-order valence-electron chi connectivity index (χ2n) is 9.15. The molecule has 1 aromatic rings. The summed E-state index contributed by atoms with van der Waals surface area (Å²) < 4.78 is 0. The summed E-state index contributed by atoms with van der Waals surface area (Å²) in [5, 5.41) is 0.657. The van der Waals surface area contributed by atoms with Gasteiger partial charge in [0.15, 0.2) is 0 Å². The molecule has 0 amide bonds. The van der Waals surface area contributed by atoms with Crippen molar-refractivity contribution in [2.45, 2.75) is 76.9 Å². The maximum absolute atomic E-state index is 2.46. The Bertz CT molecular complexity index is 758. The Hall–Kier alpha value is -1.21. The lowest BCUT2D eigenvalue weighted by atomic mass is 9.63. The van der Waals surface area contributed by atoms with E-state index in [0.29, 0.717) is 10.7 Å². The summed E-state index contributed by atoms with van der Waals surface area (Å²) in [4.78, 5) is 0. The molecular weight excluding hydrogens is 332 g/mol. The molecule has 0 bridgehead atoms. The summed E-state index contributed by atoms with van der Waals surface area (Å²) in [6.45, 7) is 14.1. The van der Waals surface area contributed by atoms with E-state index in [1.165, 1.54) is 35.3 Å². The highest BCUT2D eigenvalue weighted by Gasteiger charge is 2.36. The van der Waals surface area contributed by atoms with E-state index >= 15 is 0 Å². The van der Waals surface area contributed by atoms with Gasteiger partial charge in [-0.3, -0.25) is 0 Å². The molecule has 0 saturated carbocycles. The van der Waals surface area contributed by atoms with Crippen LogP contribution in [0.4, 0.5) is 0 Å². The molecule has 0 aliphatic heterocycles. The second kappa shape index (κ2) is 7.43. The van der Waals surface area contributed by atoms with Gasteiger partial charge in [0.25, 0.3) is 0 Å². The lowest BCUT2D eigenvalue weighted by Crippen LogP contribution is -2.33. The third-order valence-corrected chi connectivity index (χ3v) is 7.27. The lowest BCUT2D eigenvalue weighted by Gasteiger charge is -2.42. The van der Waals surface area contributed by atoms with Crippen LogP contribution < -0.4 is 0 Å². The van der Waals surface area contributed by atoms with E-state index in [-0.39, 0.29) is 5.41 Å². The van der Waals surface area contributed by atoms with Gasteiger partial charge in [-0.25, -0.2) is 0 Å². The predicted octanol–water partition coefficient (Wildman–Crippen LogP) is 7.45. The standard InChI is InChI=1S/C25H34S/c1-7-26-21-11-8-19(9-12-21)16-18(2)20-10-13-22-23(17-20)25(5,6)15-14-24(22,3)4/h8-11,13,16-17,21H,7,12,14-15H2,1-6H3/b18-16+. The molecule has 2 aliphatic rings. The molecule has 0 aromatic heterocycles. The van der Waals surface area contributed by atoms with Crippen molar-refractivity contribution in [1.82, 2.24) is 0 Å². The molecule has 2 aliphatic carbocycles. The number of fused-ring (bicyclic) bond motifs is 1. The number of hydrogen-bond donors (Lipinski definition) is 0. The second-order valence-corrected chi connectivity index (χ2v) is 10.7. The molecule has 0 radical (unpaired) electrons. The fourth-order valence-corrected chi connectivity index (χ4v) is 5.08. The highest BCUT2D eigenvalue weighted by atomic mass is 32.2. The van der Waals surface area contributed by atoms with Gasteiger partial charge in [0.05, 0.1) is 0 Å². The molecule has 0 nitrogen and oxygen atoms in total. The molecule has 3 rings (SSSR count). The first-order valence-electron chi connectivity index (χ1n) is 10.1. The van der Waals surface area contributed by atoms with Crippen LogP contribution in [0.2, 0.25) is 0 Å². The third-order valence-electron chi connectivity index (χ3n) is 6.16. The maximum Gasteiger partial charge on any atom is 0.0265 e. The highest BCUT2D eigenvalue weighted by molar-refractivity contribution is 8.00. The third kappa shape index (κ3) is 4.03. The normalized spacial score (nSPS) is 24.2. The molecule has 26 heavy (non-hydrogen) atoms. The van der Waals surface area contributed by atoms with Gasteiger partial charge in [-0.15, -0.1) is 0 Å². The highest BCUT2D eigenvalue weighted by Crippen LogP contribution is 2.46. The van der Waals surface area contributed by atoms with E-state index < -0.39 is 0 Å². The minimum atomic E-state index is 0.274. The predicted molar refractivity (Wildman–Crippen MR) is 119 cm³/mol. The summed E-state index contributed by atoms with van der Waals surface area (Å²) in [6.07, 6.45) is 13.1. The zero-order chi connectivity index (χ0) is 18.9. The molecule has 1 atom stereocenters. The topological polar surface area (TPSA) is 0 Å². The van der Waals surface area contributed by atoms with Crippen molar-refractivity contribution >= 4 is 17.3 Å². The monoisotopic (exact) mass is 366 g/mol. The van der Waals surface area contributed by atoms with Crippen LogP contribution in [0.1, 0.15) is 77.5 Å². The Morgan fingerprint density at radius 3 is 2.42 bits per heavy atom. The minimum absolute atomic E-state index is 0.274. The molecule has 0 heterocycles. The molecule has 1 heteroatoms. The van der Waals surface area contributed by atoms with Crippen molar-refractivity contribution in [2.24, 2.45) is 0 Å². The summed E-state index contributed by atoms with van der Waals surface area (Å²) in [7, 11) is 0. The number of thioether (sulfide) groups is 1. The van der Waals surface area contributed by atoms with E-state index in [0.717, 1.165) is 6.42 Å². The number of benzene rings is 1. The SMILES string of the molecule is CCSC1C=CC(/C=C(\C)c2ccc3c(c2)C(C)(C)CCC3(C)C)=CC1. The van der Waals surface area contributed by atoms with Crippen LogP contribution in [-0.2, 0) is 10.8 Å². The Balaban J connectivity index is 1.88. The molecule has 0 N–H and O–H groups in total. The molecular formula is C25H34S. The quantitative estimate of drug-likeness (QED) is 0.533. The zero-order valence-corrected chi connectivity index (χ0v) is 18.2. The van der Waals surface area contributed by atoms with Gasteiger partial charge in [0, 0.05) is 5.25 Å². The average molecular weight is 367 g/mol. The van der Waals surface area contributed by atoms with Crippen LogP contribution in [0.5, 0.6) is 0 Å². The summed E-state index contributed by atoms with van der Waals surface area (Å²) in [5.41, 5.74) is 7.75. The van der Waals surface area contributed by atoms with Gasteiger partial charge >= 0.3 is 0 Å². The lowest BCUT2D eigenvalue weighted by molar-refractivity contribution is 0.332. The Morgan fingerprint density at radius 1 is 1.12 bits per heavy atom. The summed E-state index contributed by atoms with van der Waals surface area (Å²) in [6, 6.07) is 7.18. The number of hydrogen-bond acceptors (Lipinski definition) is 1. The van der Waals surface area contributed by atoms with Crippen molar-refractivity contribution in [1.29, 1.82) is 0 Å². The van der Waals surface area contributed by atoms with Crippen LogP contribution in [0, 0.1) is 0 Å². The van der Waals surface area contributed by atoms with E-state index in [9.17, 15) is 0 Å². The molecule has 0 saturated heterocycles. The van der Waals surface area contributed by atoms with Gasteiger partial charge in [-0.1, -0.05) is 77.1 Å². The molecule has 0 fully saturated rings. The van der Waals surface area contributed by atoms with Crippen LogP contribution in [0.15, 0.2) is 48.1 Å². The van der Waals surface area contributed by atoms with Crippen LogP contribution in [0.3, 0.4) is 0 Å². The summed E-state index contributed by atoms with van der Waals surface area (Å²) >= 11 is 2.03. The van der Waals surface area contributed by atoms with E-state index in [1.807, 2.05) is 11.8 Å². The van der Waals surface area contributed by atoms with Gasteiger partial charge < -0.3 is 0 Å². The molecule has 140 valence electrons. The van der Waals surface area contributed by atoms with Crippen molar-refractivity contribution in [3.63, 3.8) is 0 Å². The van der Waals surface area contributed by atoms with Crippen molar-refractivity contribution in [2.75, 3.05) is 5.75 Å². The first-order valence-corrected chi connectivity index (χ1v) is 11.1. The Labute approximate surface area is 164 Å². The zero-order valence-electron chi connectivity index (χ0n) is 17.4. The van der Waals surface area contributed by atoms with Crippen LogP contribution >= 0.6 is 11.8 Å². The fraction of sp³-hybridized carbons (Fsp3) is 0.520. The minimum Gasteiger partial charge on any atom is -0.154 e. The Kier molecular flexibility index (Phi) is 5.58. The number of allylic oxidation sites excluding steroid dienone is 5. The van der Waals surface area contributed by atoms with Crippen LogP contribution in [0.25, 0.3) is 5.57 Å². The smallest absolute Gasteiger partial charge is 0.0265 e. The van der Waals surface area contributed by atoms with E-state index in [4.69, 9.17) is 0 Å². The van der Waals surface area contributed by atoms with E-state index in [1.54, 1.807) is 11.1 Å². The van der Waals surface area contributed by atoms with Gasteiger partial charge in [-0.05, 0) is 70.6 Å². The first-order chi connectivity index (χ1) is 12.2. The van der Waals surface area contributed by atoms with Gasteiger partial charge in [0.1, 0.15) is 0 Å². The summed E-state index contributed by atoms with van der Waals surface area (Å²) in [5.74, 6) is 1.19. The van der Waals surface area contributed by atoms with Crippen LogP contribution in [-0.4, -0.2) is 11.0 Å². The molecule has 0 spiro atoms. The molecule has 1 unspecified atom stereocenters. The Morgan fingerprint density at radius 2 is 1.81 bits per heavy atom. The average Bonchev–Trinajstić information content (AvgIpc) is 2.61. The van der Waals surface area contributed by atoms with E-state index in [2.05, 4.69) is 84.0 Å². The largest absolute Gasteiger partial charge is 0.154 e. The van der Waals surface area contributed by atoms with Crippen molar-refractivity contribution in [3.05, 3.63) is 64.8 Å². The van der Waals surface area contributed by atoms with Crippen molar-refractivity contribution in [3.8, 4) is 0 Å². The number of rotatable bonds is 4. The van der Waals surface area contributed by atoms with Crippen molar-refractivity contribution < 1.29 is 0 Å². The maximum atomic E-state index is 2.46. The fourth-order valence-electron chi connectivity index (χ4n) is 4.23. The van der Waals surface area contributed by atoms with Gasteiger partial charge in [0.2, 0.25) is 0 Å². The first kappa shape index (κ1) is 19.5. The van der Waals surface area contributed by atoms with Gasteiger partial charge in [-0.2, -0.15) is 11.8 Å².